The molecule has 0 aromatic heterocycles. The van der Waals surface area contributed by atoms with E-state index in [2.05, 4.69) is 36.3 Å². The largest absolute Gasteiger partial charge is 0.457 e. The summed E-state index contributed by atoms with van der Waals surface area (Å²) in [6.07, 6.45) is 5.42. The molecule has 2 aromatic rings. The molecule has 1 aliphatic heterocycles. The molecule has 0 atom stereocenters. The molecule has 6 nitrogen and oxygen atoms in total. The van der Waals surface area contributed by atoms with Crippen molar-refractivity contribution >= 4 is 17.5 Å². The Balaban J connectivity index is 1.75. The SMILES string of the molecule is CCCCNC(=O)c1cc(NC(=O)CN2CCCCC2)ccc1Oc1ccc(C(C)C)cc1. The van der Waals surface area contributed by atoms with E-state index in [1.165, 1.54) is 12.0 Å². The molecule has 0 saturated carbocycles. The highest BCUT2D eigenvalue weighted by Gasteiger charge is 2.17. The maximum atomic E-state index is 12.9. The third-order valence-corrected chi connectivity index (χ3v) is 5.91. The van der Waals surface area contributed by atoms with Crippen molar-refractivity contribution in [3.05, 3.63) is 53.6 Å². The molecule has 2 aromatic carbocycles. The molecule has 0 aliphatic carbocycles. The zero-order valence-corrected chi connectivity index (χ0v) is 20.2. The van der Waals surface area contributed by atoms with Gasteiger partial charge in [-0.1, -0.05) is 45.7 Å². The van der Waals surface area contributed by atoms with Gasteiger partial charge < -0.3 is 15.4 Å². The highest BCUT2D eigenvalue weighted by molar-refractivity contribution is 5.99. The number of amides is 2. The van der Waals surface area contributed by atoms with Crippen LogP contribution in [-0.4, -0.2) is 42.9 Å². The van der Waals surface area contributed by atoms with E-state index >= 15 is 0 Å². The fraction of sp³-hybridized carbons (Fsp3) is 0.481. The van der Waals surface area contributed by atoms with Gasteiger partial charge in [0.15, 0.2) is 0 Å². The minimum absolute atomic E-state index is 0.0628. The summed E-state index contributed by atoms with van der Waals surface area (Å²) in [7, 11) is 0. The van der Waals surface area contributed by atoms with Crippen molar-refractivity contribution < 1.29 is 14.3 Å². The van der Waals surface area contributed by atoms with Crippen LogP contribution < -0.4 is 15.4 Å². The topological polar surface area (TPSA) is 70.7 Å². The quantitative estimate of drug-likeness (QED) is 0.464. The number of nitrogens with one attached hydrogen (secondary N) is 2. The number of likely N-dealkylation sites (tertiary alicyclic amines) is 1. The summed E-state index contributed by atoms with van der Waals surface area (Å²) >= 11 is 0. The van der Waals surface area contributed by atoms with Crippen LogP contribution >= 0.6 is 0 Å². The molecule has 1 aliphatic rings. The number of anilines is 1. The van der Waals surface area contributed by atoms with Crippen molar-refractivity contribution in [2.45, 2.75) is 58.8 Å². The van der Waals surface area contributed by atoms with Crippen LogP contribution in [0.5, 0.6) is 11.5 Å². The summed E-state index contributed by atoms with van der Waals surface area (Å²) in [4.78, 5) is 27.6. The van der Waals surface area contributed by atoms with Crippen LogP contribution in [0.4, 0.5) is 5.69 Å². The monoisotopic (exact) mass is 451 g/mol. The molecule has 2 N–H and O–H groups in total. The third-order valence-electron chi connectivity index (χ3n) is 5.91. The Bertz CT molecular complexity index is 919. The smallest absolute Gasteiger partial charge is 0.255 e. The van der Waals surface area contributed by atoms with E-state index in [9.17, 15) is 9.59 Å². The van der Waals surface area contributed by atoms with Crippen molar-refractivity contribution in [3.63, 3.8) is 0 Å². The van der Waals surface area contributed by atoms with Crippen LogP contribution in [0.25, 0.3) is 0 Å². The Morgan fingerprint density at radius 2 is 1.76 bits per heavy atom. The van der Waals surface area contributed by atoms with Crippen LogP contribution in [0.15, 0.2) is 42.5 Å². The van der Waals surface area contributed by atoms with Gasteiger partial charge in [-0.2, -0.15) is 0 Å². The van der Waals surface area contributed by atoms with Gasteiger partial charge in [-0.3, -0.25) is 14.5 Å². The molecular weight excluding hydrogens is 414 g/mol. The van der Waals surface area contributed by atoms with E-state index in [0.717, 1.165) is 38.8 Å². The number of nitrogens with zero attached hydrogens (tertiary/aromatic N) is 1. The number of benzene rings is 2. The standard InChI is InChI=1S/C27H37N3O3/c1-4-5-15-28-27(32)24-18-22(29-26(31)19-30-16-7-6-8-17-30)11-14-25(24)33-23-12-9-21(10-13-23)20(2)3/h9-14,18,20H,4-8,15-17,19H2,1-3H3,(H,28,32)(H,29,31). The molecule has 0 spiro atoms. The van der Waals surface area contributed by atoms with E-state index in [4.69, 9.17) is 4.74 Å². The lowest BCUT2D eigenvalue weighted by atomic mass is 10.0. The number of carbonyl (C=O) groups is 2. The number of piperidine rings is 1. The zero-order chi connectivity index (χ0) is 23.6. The molecule has 33 heavy (non-hydrogen) atoms. The van der Waals surface area contributed by atoms with Crippen molar-refractivity contribution in [1.29, 1.82) is 0 Å². The van der Waals surface area contributed by atoms with E-state index in [0.29, 0.717) is 41.8 Å². The van der Waals surface area contributed by atoms with Gasteiger partial charge in [-0.25, -0.2) is 0 Å². The lowest BCUT2D eigenvalue weighted by Gasteiger charge is -2.25. The lowest BCUT2D eigenvalue weighted by molar-refractivity contribution is -0.117. The minimum Gasteiger partial charge on any atom is -0.457 e. The number of carbonyl (C=O) groups excluding carboxylic acids is 2. The van der Waals surface area contributed by atoms with Gasteiger partial charge >= 0.3 is 0 Å². The van der Waals surface area contributed by atoms with E-state index in [1.807, 2.05) is 24.3 Å². The summed E-state index contributed by atoms with van der Waals surface area (Å²) in [5, 5.41) is 5.90. The van der Waals surface area contributed by atoms with E-state index < -0.39 is 0 Å². The van der Waals surface area contributed by atoms with Gasteiger partial charge in [0.1, 0.15) is 11.5 Å². The van der Waals surface area contributed by atoms with Crippen LogP contribution in [0.3, 0.4) is 0 Å². The molecule has 0 unspecified atom stereocenters. The maximum Gasteiger partial charge on any atom is 0.255 e. The summed E-state index contributed by atoms with van der Waals surface area (Å²) < 4.78 is 6.07. The van der Waals surface area contributed by atoms with Crippen molar-refractivity contribution in [3.8, 4) is 11.5 Å². The molecular formula is C27H37N3O3. The predicted molar refractivity (Wildman–Crippen MR) is 133 cm³/mol. The van der Waals surface area contributed by atoms with Gasteiger partial charge in [0.05, 0.1) is 12.1 Å². The summed E-state index contributed by atoms with van der Waals surface area (Å²) in [5.74, 6) is 1.31. The molecule has 0 radical (unpaired) electrons. The van der Waals surface area contributed by atoms with Gasteiger partial charge in [0, 0.05) is 12.2 Å². The molecule has 1 saturated heterocycles. The summed E-state index contributed by atoms with van der Waals surface area (Å²) in [5.41, 5.74) is 2.24. The molecule has 0 bridgehead atoms. The fourth-order valence-corrected chi connectivity index (χ4v) is 3.92. The Morgan fingerprint density at radius 3 is 2.42 bits per heavy atom. The van der Waals surface area contributed by atoms with Crippen LogP contribution in [0.2, 0.25) is 0 Å². The maximum absolute atomic E-state index is 12.9. The van der Waals surface area contributed by atoms with Crippen molar-refractivity contribution in [2.75, 3.05) is 31.5 Å². The molecule has 1 heterocycles. The average molecular weight is 452 g/mol. The Morgan fingerprint density at radius 1 is 1.03 bits per heavy atom. The molecule has 6 heteroatoms. The van der Waals surface area contributed by atoms with Crippen LogP contribution in [-0.2, 0) is 4.79 Å². The highest BCUT2D eigenvalue weighted by atomic mass is 16.5. The lowest BCUT2D eigenvalue weighted by Crippen LogP contribution is -2.36. The first-order valence-corrected chi connectivity index (χ1v) is 12.2. The van der Waals surface area contributed by atoms with E-state index in [-0.39, 0.29) is 11.8 Å². The molecule has 178 valence electrons. The number of hydrogen-bond acceptors (Lipinski definition) is 4. The fourth-order valence-electron chi connectivity index (χ4n) is 3.92. The number of hydrogen-bond donors (Lipinski definition) is 2. The van der Waals surface area contributed by atoms with Crippen LogP contribution in [0.1, 0.15) is 74.7 Å². The third kappa shape index (κ3) is 7.60. The second kappa shape index (κ2) is 12.4. The number of ether oxygens (including phenoxy) is 1. The molecule has 2 amide bonds. The normalized spacial score (nSPS) is 14.2. The second-order valence-electron chi connectivity index (χ2n) is 9.03. The first-order chi connectivity index (χ1) is 16.0. The predicted octanol–water partition coefficient (Wildman–Crippen LogP) is 5.56. The number of unbranched alkanes of at least 4 members (excludes halogenated alkanes) is 1. The summed E-state index contributed by atoms with van der Waals surface area (Å²) in [6.45, 7) is 9.27. The Kier molecular flexibility index (Phi) is 9.31. The zero-order valence-electron chi connectivity index (χ0n) is 20.2. The highest BCUT2D eigenvalue weighted by Crippen LogP contribution is 2.29. The summed E-state index contributed by atoms with van der Waals surface area (Å²) in [6, 6.07) is 13.2. The minimum atomic E-state index is -0.204. The average Bonchev–Trinajstić information content (AvgIpc) is 2.81. The van der Waals surface area contributed by atoms with E-state index in [1.54, 1.807) is 18.2 Å². The van der Waals surface area contributed by atoms with Crippen LogP contribution in [0, 0.1) is 0 Å². The van der Waals surface area contributed by atoms with Gasteiger partial charge in [0.25, 0.3) is 5.91 Å². The Labute approximate surface area is 197 Å². The Hall–Kier alpha value is -2.86. The van der Waals surface area contributed by atoms with Gasteiger partial charge in [-0.15, -0.1) is 0 Å². The first kappa shape index (κ1) is 24.8. The molecule has 1 fully saturated rings. The second-order valence-corrected chi connectivity index (χ2v) is 9.03. The molecule has 3 rings (SSSR count). The van der Waals surface area contributed by atoms with Gasteiger partial charge in [0.2, 0.25) is 5.91 Å². The van der Waals surface area contributed by atoms with Gasteiger partial charge in [-0.05, 0) is 74.2 Å². The number of rotatable bonds is 10. The first-order valence-electron chi connectivity index (χ1n) is 12.2. The van der Waals surface area contributed by atoms with Crippen molar-refractivity contribution in [2.24, 2.45) is 0 Å². The van der Waals surface area contributed by atoms with Crippen molar-refractivity contribution in [1.82, 2.24) is 10.2 Å².